The summed E-state index contributed by atoms with van der Waals surface area (Å²) >= 11 is 0. The van der Waals surface area contributed by atoms with Crippen LogP contribution in [0.5, 0.6) is 0 Å². The summed E-state index contributed by atoms with van der Waals surface area (Å²) in [6.07, 6.45) is 52.5. The molecule has 0 aromatic heterocycles. The van der Waals surface area contributed by atoms with Crippen LogP contribution in [0.25, 0.3) is 0 Å². The number of rotatable bonds is 22. The van der Waals surface area contributed by atoms with Gasteiger partial charge in [0.05, 0.1) is 0 Å². The number of carbonyl (C=O) groups excluding carboxylic acids is 1. The lowest BCUT2D eigenvalue weighted by Crippen LogP contribution is -2.19. The highest BCUT2D eigenvalue weighted by atomic mass is 16.5. The van der Waals surface area contributed by atoms with E-state index in [1.165, 1.54) is 36.0 Å². The molecule has 0 heterocycles. The Balaban J connectivity index is 2.11. The van der Waals surface area contributed by atoms with Crippen molar-refractivity contribution < 1.29 is 9.53 Å². The Morgan fingerprint density at radius 3 is 1.89 bits per heavy atom. The second kappa shape index (κ2) is 26.8. The smallest absolute Gasteiger partial charge is 0.306 e. The van der Waals surface area contributed by atoms with Gasteiger partial charge in [-0.1, -0.05) is 141 Å². The first kappa shape index (κ1) is 40.6. The zero-order valence-corrected chi connectivity index (χ0v) is 30.1. The van der Waals surface area contributed by atoms with Crippen molar-refractivity contribution in [1.82, 2.24) is 0 Å². The fraction of sp³-hybridized carbons (Fsp3) is 0.477. The third kappa shape index (κ3) is 22.2. The second-order valence-electron chi connectivity index (χ2n) is 12.8. The van der Waals surface area contributed by atoms with Gasteiger partial charge in [-0.2, -0.15) is 0 Å². The average molecular weight is 625 g/mol. The monoisotopic (exact) mass is 624 g/mol. The summed E-state index contributed by atoms with van der Waals surface area (Å²) in [5.41, 5.74) is 5.59. The van der Waals surface area contributed by atoms with Crippen molar-refractivity contribution in [2.45, 2.75) is 125 Å². The highest BCUT2D eigenvalue weighted by molar-refractivity contribution is 5.69. The Labute approximate surface area is 283 Å². The van der Waals surface area contributed by atoms with Crippen molar-refractivity contribution in [2.75, 3.05) is 6.61 Å². The van der Waals surface area contributed by atoms with Crippen LogP contribution < -0.4 is 0 Å². The van der Waals surface area contributed by atoms with Gasteiger partial charge in [0, 0.05) is 6.42 Å². The SMILES string of the molecule is CC/C=C\C/C=C\C/C=C\C/C=C\C/C=C\C/C=C\CCCCC(=O)OC/C=C(C)/C=C/C=C(C)/C=C/C1=C(C)CCCC1(C)C. The molecule has 2 heteroatoms. The zero-order valence-electron chi connectivity index (χ0n) is 30.1. The Hall–Kier alpha value is -3.39. The molecule has 0 N–H and O–H groups in total. The van der Waals surface area contributed by atoms with Crippen molar-refractivity contribution >= 4 is 5.97 Å². The molecule has 0 saturated heterocycles. The molecule has 2 nitrogen and oxygen atoms in total. The maximum atomic E-state index is 12.1. The van der Waals surface area contributed by atoms with Crippen molar-refractivity contribution in [3.8, 4) is 0 Å². The number of unbranched alkanes of at least 4 members (excludes halogenated alkanes) is 2. The van der Waals surface area contributed by atoms with Crippen molar-refractivity contribution in [2.24, 2.45) is 5.41 Å². The Kier molecular flexibility index (Phi) is 23.7. The molecule has 0 fully saturated rings. The van der Waals surface area contributed by atoms with Gasteiger partial charge < -0.3 is 4.74 Å². The molecule has 0 radical (unpaired) electrons. The van der Waals surface area contributed by atoms with E-state index in [4.69, 9.17) is 4.74 Å². The molecule has 0 amide bonds. The van der Waals surface area contributed by atoms with Gasteiger partial charge >= 0.3 is 5.97 Å². The molecule has 0 unspecified atom stereocenters. The normalized spacial score (nSPS) is 16.9. The molecule has 252 valence electrons. The molecule has 1 rings (SSSR count). The summed E-state index contributed by atoms with van der Waals surface area (Å²) in [4.78, 5) is 12.1. The number of hydrogen-bond acceptors (Lipinski definition) is 2. The molecular weight excluding hydrogens is 560 g/mol. The van der Waals surface area contributed by atoms with E-state index in [2.05, 4.69) is 138 Å². The number of carbonyl (C=O) groups is 1. The summed E-state index contributed by atoms with van der Waals surface area (Å²) in [7, 11) is 0. The summed E-state index contributed by atoms with van der Waals surface area (Å²) < 4.78 is 5.40. The van der Waals surface area contributed by atoms with Crippen LogP contribution >= 0.6 is 0 Å². The van der Waals surface area contributed by atoms with Gasteiger partial charge in [-0.05, 0) is 115 Å². The van der Waals surface area contributed by atoms with Gasteiger partial charge in [0.2, 0.25) is 0 Å². The second-order valence-corrected chi connectivity index (χ2v) is 12.8. The van der Waals surface area contributed by atoms with Crippen LogP contribution in [-0.2, 0) is 9.53 Å². The van der Waals surface area contributed by atoms with E-state index in [-0.39, 0.29) is 11.4 Å². The van der Waals surface area contributed by atoms with Gasteiger partial charge in [-0.15, -0.1) is 0 Å². The zero-order chi connectivity index (χ0) is 33.7. The van der Waals surface area contributed by atoms with Crippen LogP contribution in [0, 0.1) is 5.41 Å². The summed E-state index contributed by atoms with van der Waals surface area (Å²) in [6, 6.07) is 0. The molecule has 1 aliphatic carbocycles. The van der Waals surface area contributed by atoms with E-state index < -0.39 is 0 Å². The van der Waals surface area contributed by atoms with Crippen LogP contribution in [-0.4, -0.2) is 12.6 Å². The van der Waals surface area contributed by atoms with E-state index in [1.54, 1.807) is 0 Å². The first-order chi connectivity index (χ1) is 22.3. The van der Waals surface area contributed by atoms with E-state index >= 15 is 0 Å². The van der Waals surface area contributed by atoms with Crippen molar-refractivity contribution in [1.29, 1.82) is 0 Å². The highest BCUT2D eigenvalue weighted by Crippen LogP contribution is 2.40. The van der Waals surface area contributed by atoms with Crippen LogP contribution in [0.15, 0.2) is 132 Å². The molecule has 46 heavy (non-hydrogen) atoms. The molecule has 0 aliphatic heterocycles. The Morgan fingerprint density at radius 1 is 0.761 bits per heavy atom. The minimum Gasteiger partial charge on any atom is -0.461 e. The quantitative estimate of drug-likeness (QED) is 0.0518. The summed E-state index contributed by atoms with van der Waals surface area (Å²) in [5, 5.41) is 0. The number of ether oxygens (including phenoxy) is 1. The molecule has 0 bridgehead atoms. The van der Waals surface area contributed by atoms with Crippen molar-refractivity contribution in [3.63, 3.8) is 0 Å². The predicted octanol–water partition coefficient (Wildman–Crippen LogP) is 13.3. The van der Waals surface area contributed by atoms with E-state index in [0.29, 0.717) is 13.0 Å². The van der Waals surface area contributed by atoms with E-state index in [0.717, 1.165) is 63.4 Å². The minimum atomic E-state index is -0.119. The topological polar surface area (TPSA) is 26.3 Å². The lowest BCUT2D eigenvalue weighted by molar-refractivity contribution is -0.142. The fourth-order valence-electron chi connectivity index (χ4n) is 5.21. The molecule has 0 aromatic rings. The lowest BCUT2D eigenvalue weighted by Gasteiger charge is -2.32. The fourth-order valence-corrected chi connectivity index (χ4v) is 5.21. The number of hydrogen-bond donors (Lipinski definition) is 0. The maximum Gasteiger partial charge on any atom is 0.306 e. The maximum absolute atomic E-state index is 12.1. The van der Waals surface area contributed by atoms with Crippen LogP contribution in [0.4, 0.5) is 0 Å². The molecule has 0 aromatic carbocycles. The van der Waals surface area contributed by atoms with Gasteiger partial charge in [0.1, 0.15) is 6.61 Å². The molecule has 0 spiro atoms. The molecule has 1 aliphatic rings. The van der Waals surface area contributed by atoms with Gasteiger partial charge in [0.15, 0.2) is 0 Å². The molecule has 0 atom stereocenters. The Morgan fingerprint density at radius 2 is 1.33 bits per heavy atom. The predicted molar refractivity (Wildman–Crippen MR) is 204 cm³/mol. The minimum absolute atomic E-state index is 0.119. The summed E-state index contributed by atoms with van der Waals surface area (Å²) in [5.74, 6) is -0.119. The summed E-state index contributed by atoms with van der Waals surface area (Å²) in [6.45, 7) is 13.6. The molecular formula is C44H64O2. The third-order valence-corrected chi connectivity index (χ3v) is 8.02. The van der Waals surface area contributed by atoms with Crippen molar-refractivity contribution in [3.05, 3.63) is 132 Å². The van der Waals surface area contributed by atoms with Crippen LogP contribution in [0.1, 0.15) is 125 Å². The third-order valence-electron chi connectivity index (χ3n) is 8.02. The molecule has 0 saturated carbocycles. The average Bonchev–Trinajstić information content (AvgIpc) is 3.01. The van der Waals surface area contributed by atoms with E-state index in [1.807, 2.05) is 13.0 Å². The van der Waals surface area contributed by atoms with E-state index in [9.17, 15) is 4.79 Å². The van der Waals surface area contributed by atoms with Gasteiger partial charge in [-0.3, -0.25) is 4.79 Å². The van der Waals surface area contributed by atoms with Crippen LogP contribution in [0.2, 0.25) is 0 Å². The lowest BCUT2D eigenvalue weighted by atomic mass is 9.72. The van der Waals surface area contributed by atoms with Gasteiger partial charge in [-0.25, -0.2) is 0 Å². The van der Waals surface area contributed by atoms with Crippen LogP contribution in [0.3, 0.4) is 0 Å². The highest BCUT2D eigenvalue weighted by Gasteiger charge is 2.26. The first-order valence-electron chi connectivity index (χ1n) is 17.7. The van der Waals surface area contributed by atoms with Gasteiger partial charge in [0.25, 0.3) is 0 Å². The first-order valence-corrected chi connectivity index (χ1v) is 17.7. The Bertz CT molecular complexity index is 1180. The number of esters is 1. The number of allylic oxidation sites excluding steroid dienone is 21. The largest absolute Gasteiger partial charge is 0.461 e. The standard InChI is InChI=1S/C44H64O2/c1-7-8-9-10-11-12-13-14-15-16-17-18-19-20-21-22-23-24-25-26-27-33-43(45)46-38-36-40(3)31-28-30-39(2)34-35-42-41(4)32-29-37-44(42,5)6/h8-9,11-12,14-15,17-18,20-21,23-24,28,30-31,34-36H,7,10,13,16,19,22,25-27,29,32-33,37-38H2,1-6H3/b9-8-,12-11-,15-14-,18-17-,21-20-,24-23-,31-28+,35-34+,39-30+,40-36+.